The summed E-state index contributed by atoms with van der Waals surface area (Å²) in [5.41, 5.74) is 0. The number of carbonyl (C=O) groups is 3. The van der Waals surface area contributed by atoms with Gasteiger partial charge in [-0.1, -0.05) is 0 Å². The van der Waals surface area contributed by atoms with Gasteiger partial charge in [-0.25, -0.2) is 0 Å². The summed E-state index contributed by atoms with van der Waals surface area (Å²) >= 11 is 0. The van der Waals surface area contributed by atoms with Crippen molar-refractivity contribution in [2.24, 2.45) is 0 Å². The number of Topliss-reactive ketones (excluding diaryl/α,β-unsaturated/α-hetero) is 1. The van der Waals surface area contributed by atoms with Gasteiger partial charge < -0.3 is 9.64 Å². The first-order valence-corrected chi connectivity index (χ1v) is 6.79. The van der Waals surface area contributed by atoms with Crippen molar-refractivity contribution in [2.45, 2.75) is 32.2 Å². The van der Waals surface area contributed by atoms with Gasteiger partial charge in [0.25, 0.3) is 0 Å². The van der Waals surface area contributed by atoms with Crippen molar-refractivity contribution in [2.75, 3.05) is 32.8 Å². The molecule has 2 rings (SSSR count). The van der Waals surface area contributed by atoms with Gasteiger partial charge in [-0.15, -0.1) is 0 Å². The van der Waals surface area contributed by atoms with Crippen LogP contribution in [0.1, 0.15) is 26.2 Å². The second-order valence-corrected chi connectivity index (χ2v) is 5.04. The maximum Gasteiger partial charge on any atom is 0.313 e. The molecule has 6 heteroatoms. The molecular weight excluding hydrogens is 248 g/mol. The summed E-state index contributed by atoms with van der Waals surface area (Å²) in [5.74, 6) is -0.346. The molecule has 19 heavy (non-hydrogen) atoms. The minimum absolute atomic E-state index is 0.115. The lowest BCUT2D eigenvalue weighted by Gasteiger charge is -2.37. The van der Waals surface area contributed by atoms with E-state index in [9.17, 15) is 14.4 Å². The largest absolute Gasteiger partial charge is 0.466 e. The molecule has 2 aliphatic rings. The highest BCUT2D eigenvalue weighted by molar-refractivity contribution is 5.96. The van der Waals surface area contributed by atoms with Crippen LogP contribution in [0.2, 0.25) is 0 Å². The van der Waals surface area contributed by atoms with Gasteiger partial charge in [-0.3, -0.25) is 19.3 Å². The number of piperazine rings is 1. The Labute approximate surface area is 112 Å². The van der Waals surface area contributed by atoms with Crippen LogP contribution in [0.4, 0.5) is 0 Å². The van der Waals surface area contributed by atoms with E-state index in [1.165, 1.54) is 0 Å². The number of ketones is 1. The Morgan fingerprint density at radius 2 is 2.16 bits per heavy atom. The molecule has 106 valence electrons. The van der Waals surface area contributed by atoms with Crippen molar-refractivity contribution in [1.82, 2.24) is 9.80 Å². The number of esters is 1. The van der Waals surface area contributed by atoms with Gasteiger partial charge in [-0.05, 0) is 13.3 Å². The van der Waals surface area contributed by atoms with Crippen molar-refractivity contribution in [1.29, 1.82) is 0 Å². The van der Waals surface area contributed by atoms with E-state index in [0.717, 1.165) is 13.0 Å². The summed E-state index contributed by atoms with van der Waals surface area (Å²) in [4.78, 5) is 38.4. The number of hydrogen-bond acceptors (Lipinski definition) is 5. The van der Waals surface area contributed by atoms with Crippen LogP contribution < -0.4 is 0 Å². The third kappa shape index (κ3) is 3.53. The summed E-state index contributed by atoms with van der Waals surface area (Å²) in [7, 11) is 0. The number of hydrogen-bond donors (Lipinski definition) is 0. The van der Waals surface area contributed by atoms with E-state index in [1.807, 2.05) is 9.80 Å². The maximum atomic E-state index is 11.7. The summed E-state index contributed by atoms with van der Waals surface area (Å²) in [6.07, 6.45) is 1.34. The van der Waals surface area contributed by atoms with Crippen LogP contribution in [0, 0.1) is 0 Å². The van der Waals surface area contributed by atoms with Crippen LogP contribution >= 0.6 is 0 Å². The first kappa shape index (κ1) is 14.0. The van der Waals surface area contributed by atoms with E-state index in [1.54, 1.807) is 6.92 Å². The first-order chi connectivity index (χ1) is 9.10. The number of ether oxygens (including phenoxy) is 1. The second kappa shape index (κ2) is 6.14. The Morgan fingerprint density at radius 3 is 2.89 bits per heavy atom. The number of fused-ring (bicyclic) bond motifs is 1. The molecule has 0 spiro atoms. The molecule has 2 aliphatic heterocycles. The zero-order chi connectivity index (χ0) is 13.8. The van der Waals surface area contributed by atoms with Crippen molar-refractivity contribution in [3.05, 3.63) is 0 Å². The van der Waals surface area contributed by atoms with Crippen molar-refractivity contribution in [3.63, 3.8) is 0 Å². The molecule has 0 aliphatic carbocycles. The summed E-state index contributed by atoms with van der Waals surface area (Å²) in [6, 6.07) is 0.247. The van der Waals surface area contributed by atoms with E-state index in [4.69, 9.17) is 4.74 Å². The normalized spacial score (nSPS) is 23.3. The third-order valence-electron chi connectivity index (χ3n) is 3.63. The Kier molecular flexibility index (Phi) is 4.52. The molecule has 2 heterocycles. The van der Waals surface area contributed by atoms with Crippen LogP contribution in [0.15, 0.2) is 0 Å². The van der Waals surface area contributed by atoms with Crippen molar-refractivity contribution >= 4 is 17.7 Å². The molecule has 6 nitrogen and oxygen atoms in total. The molecule has 0 aromatic heterocycles. The van der Waals surface area contributed by atoms with Crippen LogP contribution in [0.5, 0.6) is 0 Å². The fraction of sp³-hybridized carbons (Fsp3) is 0.769. The number of amides is 1. The molecule has 1 atom stereocenters. The highest BCUT2D eigenvalue weighted by Crippen LogP contribution is 2.22. The van der Waals surface area contributed by atoms with E-state index < -0.39 is 5.97 Å². The average Bonchev–Trinajstić information content (AvgIpc) is 2.70. The SMILES string of the molecule is CCOC(=O)CC(=O)CN1CCN2C(=O)CCC2C1. The minimum Gasteiger partial charge on any atom is -0.466 e. The zero-order valence-corrected chi connectivity index (χ0v) is 11.3. The smallest absolute Gasteiger partial charge is 0.313 e. The number of nitrogens with zero attached hydrogens (tertiary/aromatic N) is 2. The topological polar surface area (TPSA) is 66.9 Å². The molecule has 2 fully saturated rings. The summed E-state index contributed by atoms with van der Waals surface area (Å²) in [6.45, 7) is 4.43. The Bertz CT molecular complexity index is 383. The molecule has 0 N–H and O–H groups in total. The molecule has 0 aromatic carbocycles. The Hall–Kier alpha value is -1.43. The van der Waals surface area contributed by atoms with E-state index >= 15 is 0 Å². The van der Waals surface area contributed by atoms with E-state index in [2.05, 4.69) is 0 Å². The lowest BCUT2D eigenvalue weighted by Crippen LogP contribution is -2.52. The van der Waals surface area contributed by atoms with E-state index in [-0.39, 0.29) is 30.7 Å². The van der Waals surface area contributed by atoms with Crippen LogP contribution in [-0.2, 0) is 19.1 Å². The van der Waals surface area contributed by atoms with E-state index in [0.29, 0.717) is 26.1 Å². The van der Waals surface area contributed by atoms with Crippen LogP contribution in [-0.4, -0.2) is 66.3 Å². The standard InChI is InChI=1S/C13H20N2O4/c1-2-19-13(18)7-11(16)9-14-5-6-15-10(8-14)3-4-12(15)17/h10H,2-9H2,1H3. The van der Waals surface area contributed by atoms with Gasteiger partial charge in [0.05, 0.1) is 13.2 Å². The van der Waals surface area contributed by atoms with Gasteiger partial charge in [0.2, 0.25) is 5.91 Å². The molecule has 0 aromatic rings. The van der Waals surface area contributed by atoms with Gasteiger partial charge in [0, 0.05) is 32.1 Å². The monoisotopic (exact) mass is 268 g/mol. The molecular formula is C13H20N2O4. The highest BCUT2D eigenvalue weighted by Gasteiger charge is 2.35. The fourth-order valence-corrected chi connectivity index (χ4v) is 2.75. The Balaban J connectivity index is 1.76. The lowest BCUT2D eigenvalue weighted by atomic mass is 10.1. The van der Waals surface area contributed by atoms with Crippen molar-refractivity contribution in [3.8, 4) is 0 Å². The predicted octanol–water partition coefficient (Wildman–Crippen LogP) is -0.185. The van der Waals surface area contributed by atoms with Crippen LogP contribution in [0.3, 0.4) is 0 Å². The summed E-state index contributed by atoms with van der Waals surface area (Å²) in [5, 5.41) is 0. The van der Waals surface area contributed by atoms with Crippen LogP contribution in [0.25, 0.3) is 0 Å². The number of carbonyl (C=O) groups excluding carboxylic acids is 3. The maximum absolute atomic E-state index is 11.7. The number of rotatable bonds is 5. The highest BCUT2D eigenvalue weighted by atomic mass is 16.5. The van der Waals surface area contributed by atoms with Crippen molar-refractivity contribution < 1.29 is 19.1 Å². The Morgan fingerprint density at radius 1 is 1.37 bits per heavy atom. The van der Waals surface area contributed by atoms with Gasteiger partial charge in [0.15, 0.2) is 5.78 Å². The first-order valence-electron chi connectivity index (χ1n) is 6.79. The molecule has 0 saturated carbocycles. The molecule has 0 bridgehead atoms. The average molecular weight is 268 g/mol. The van der Waals surface area contributed by atoms with Gasteiger partial charge in [0.1, 0.15) is 6.42 Å². The molecule has 2 saturated heterocycles. The molecule has 1 amide bonds. The zero-order valence-electron chi connectivity index (χ0n) is 11.3. The van der Waals surface area contributed by atoms with Gasteiger partial charge >= 0.3 is 5.97 Å². The van der Waals surface area contributed by atoms with Gasteiger partial charge in [-0.2, -0.15) is 0 Å². The summed E-state index contributed by atoms with van der Waals surface area (Å²) < 4.78 is 4.75. The third-order valence-corrected chi connectivity index (χ3v) is 3.63. The molecule has 1 unspecified atom stereocenters. The quantitative estimate of drug-likeness (QED) is 0.511. The minimum atomic E-state index is -0.456. The molecule has 0 radical (unpaired) electrons. The fourth-order valence-electron chi connectivity index (χ4n) is 2.75. The second-order valence-electron chi connectivity index (χ2n) is 5.04. The predicted molar refractivity (Wildman–Crippen MR) is 67.4 cm³/mol. The lowest BCUT2D eigenvalue weighted by molar-refractivity contribution is -0.145.